The summed E-state index contributed by atoms with van der Waals surface area (Å²) in [6.45, 7) is 3.19. The number of likely N-dealkylation sites (N-methyl/N-ethyl adjacent to an activating group) is 1. The Morgan fingerprint density at radius 2 is 1.78 bits per heavy atom. The monoisotopic (exact) mass is 454 g/mol. The fourth-order valence-corrected chi connectivity index (χ4v) is 4.49. The SMILES string of the molecule is COc1ccccc1-c1cc(Nc2ccc(N3CCN(C)CC3)c(S(N)(=O)=O)c2)ncn1. The molecular weight excluding hydrogens is 428 g/mol. The summed E-state index contributed by atoms with van der Waals surface area (Å²) in [5.74, 6) is 1.22. The van der Waals surface area contributed by atoms with Gasteiger partial charge in [-0.2, -0.15) is 0 Å². The number of sulfonamides is 1. The van der Waals surface area contributed by atoms with Crippen molar-refractivity contribution in [2.45, 2.75) is 4.90 Å². The number of aromatic nitrogens is 2. The molecule has 32 heavy (non-hydrogen) atoms. The molecule has 0 bridgehead atoms. The smallest absolute Gasteiger partial charge is 0.240 e. The van der Waals surface area contributed by atoms with E-state index in [0.29, 0.717) is 28.6 Å². The summed E-state index contributed by atoms with van der Waals surface area (Å²) in [6.07, 6.45) is 1.45. The molecule has 10 heteroatoms. The first-order valence-corrected chi connectivity index (χ1v) is 11.7. The third-order valence-electron chi connectivity index (χ3n) is 5.43. The molecule has 168 valence electrons. The number of para-hydroxylation sites is 1. The van der Waals surface area contributed by atoms with E-state index in [1.165, 1.54) is 6.33 Å². The van der Waals surface area contributed by atoms with Crippen LogP contribution in [0.25, 0.3) is 11.3 Å². The van der Waals surface area contributed by atoms with Crippen LogP contribution in [0.15, 0.2) is 59.8 Å². The number of ether oxygens (including phenoxy) is 1. The van der Waals surface area contributed by atoms with E-state index >= 15 is 0 Å². The molecule has 1 saturated heterocycles. The lowest BCUT2D eigenvalue weighted by molar-refractivity contribution is 0.312. The molecule has 0 radical (unpaired) electrons. The van der Waals surface area contributed by atoms with Crippen molar-refractivity contribution in [1.29, 1.82) is 0 Å². The molecule has 1 aliphatic heterocycles. The second-order valence-electron chi connectivity index (χ2n) is 7.63. The average molecular weight is 455 g/mol. The summed E-state index contributed by atoms with van der Waals surface area (Å²) in [4.78, 5) is 13.0. The van der Waals surface area contributed by atoms with Crippen LogP contribution in [0.1, 0.15) is 0 Å². The van der Waals surface area contributed by atoms with Crippen molar-refractivity contribution in [3.8, 4) is 17.0 Å². The molecule has 3 aromatic rings. The number of nitrogens with one attached hydrogen (secondary N) is 1. The first kappa shape index (κ1) is 22.0. The standard InChI is InChI=1S/C22H26N6O3S/c1-27-9-11-28(12-10-27)19-8-7-16(13-21(19)32(23,29)30)26-22-14-18(24-15-25-22)17-5-3-4-6-20(17)31-2/h3-8,13-15H,9-12H2,1-2H3,(H2,23,29,30)(H,24,25,26). The molecule has 1 fully saturated rings. The minimum atomic E-state index is -3.92. The second kappa shape index (κ2) is 9.11. The van der Waals surface area contributed by atoms with E-state index < -0.39 is 10.0 Å². The van der Waals surface area contributed by atoms with Gasteiger partial charge in [-0.15, -0.1) is 0 Å². The number of methoxy groups -OCH3 is 1. The molecule has 1 aromatic heterocycles. The number of piperazine rings is 1. The zero-order valence-corrected chi connectivity index (χ0v) is 18.8. The van der Waals surface area contributed by atoms with Crippen LogP contribution < -0.4 is 20.1 Å². The van der Waals surface area contributed by atoms with Gasteiger partial charge in [0.2, 0.25) is 10.0 Å². The van der Waals surface area contributed by atoms with Gasteiger partial charge in [-0.25, -0.2) is 23.5 Å². The van der Waals surface area contributed by atoms with Gasteiger partial charge in [0.05, 0.1) is 18.5 Å². The zero-order valence-electron chi connectivity index (χ0n) is 18.0. The number of rotatable bonds is 6. The molecular formula is C22H26N6O3S. The maximum Gasteiger partial charge on any atom is 0.240 e. The minimum Gasteiger partial charge on any atom is -0.496 e. The van der Waals surface area contributed by atoms with Crippen molar-refractivity contribution in [1.82, 2.24) is 14.9 Å². The predicted molar refractivity (Wildman–Crippen MR) is 125 cm³/mol. The molecule has 0 amide bonds. The van der Waals surface area contributed by atoms with Crippen molar-refractivity contribution in [3.05, 3.63) is 54.9 Å². The molecule has 2 heterocycles. The Balaban J connectivity index is 1.64. The fraction of sp³-hybridized carbons (Fsp3) is 0.273. The predicted octanol–water partition coefficient (Wildman–Crippen LogP) is 2.29. The highest BCUT2D eigenvalue weighted by atomic mass is 32.2. The van der Waals surface area contributed by atoms with E-state index in [1.54, 1.807) is 25.3 Å². The van der Waals surface area contributed by atoms with Crippen molar-refractivity contribution >= 4 is 27.2 Å². The van der Waals surface area contributed by atoms with Crippen molar-refractivity contribution in [2.24, 2.45) is 5.14 Å². The van der Waals surface area contributed by atoms with Crippen LogP contribution in [0.4, 0.5) is 17.2 Å². The average Bonchev–Trinajstić information content (AvgIpc) is 2.79. The van der Waals surface area contributed by atoms with Crippen molar-refractivity contribution in [2.75, 3.05) is 50.6 Å². The Labute approximate surface area is 187 Å². The molecule has 4 rings (SSSR count). The molecule has 0 spiro atoms. The molecule has 0 unspecified atom stereocenters. The van der Waals surface area contributed by atoms with E-state index in [1.807, 2.05) is 42.3 Å². The maximum absolute atomic E-state index is 12.3. The lowest BCUT2D eigenvalue weighted by atomic mass is 10.1. The van der Waals surface area contributed by atoms with Gasteiger partial charge in [0.25, 0.3) is 0 Å². The normalized spacial score (nSPS) is 14.9. The molecule has 0 saturated carbocycles. The van der Waals surface area contributed by atoms with Crippen LogP contribution in [0, 0.1) is 0 Å². The first-order chi connectivity index (χ1) is 15.3. The van der Waals surface area contributed by atoms with E-state index in [2.05, 4.69) is 20.2 Å². The molecule has 2 aromatic carbocycles. The zero-order chi connectivity index (χ0) is 22.7. The van der Waals surface area contributed by atoms with Crippen molar-refractivity contribution < 1.29 is 13.2 Å². The number of hydrogen-bond acceptors (Lipinski definition) is 8. The van der Waals surface area contributed by atoms with Gasteiger partial charge in [0.1, 0.15) is 22.8 Å². The summed E-state index contributed by atoms with van der Waals surface area (Å²) >= 11 is 0. The van der Waals surface area contributed by atoms with Crippen LogP contribution in [0.2, 0.25) is 0 Å². The number of anilines is 3. The van der Waals surface area contributed by atoms with E-state index in [-0.39, 0.29) is 4.90 Å². The summed E-state index contributed by atoms with van der Waals surface area (Å²) in [5.41, 5.74) is 2.69. The van der Waals surface area contributed by atoms with E-state index in [4.69, 9.17) is 9.88 Å². The number of hydrogen-bond donors (Lipinski definition) is 2. The van der Waals surface area contributed by atoms with Crippen molar-refractivity contribution in [3.63, 3.8) is 0 Å². The molecule has 1 aliphatic rings. The highest BCUT2D eigenvalue weighted by molar-refractivity contribution is 7.89. The number of primary sulfonamides is 1. The Kier molecular flexibility index (Phi) is 6.26. The van der Waals surface area contributed by atoms with Gasteiger partial charge >= 0.3 is 0 Å². The number of nitrogens with zero attached hydrogens (tertiary/aromatic N) is 4. The number of benzene rings is 2. The summed E-state index contributed by atoms with van der Waals surface area (Å²) in [7, 11) is -0.261. The second-order valence-corrected chi connectivity index (χ2v) is 9.16. The van der Waals surface area contributed by atoms with Crippen LogP contribution in [-0.2, 0) is 10.0 Å². The topological polar surface area (TPSA) is 114 Å². The van der Waals surface area contributed by atoms with E-state index in [9.17, 15) is 8.42 Å². The Hall–Kier alpha value is -3.21. The van der Waals surface area contributed by atoms with Gasteiger partial charge in [0, 0.05) is 43.5 Å². The van der Waals surface area contributed by atoms with E-state index in [0.717, 1.165) is 31.7 Å². The minimum absolute atomic E-state index is 0.0889. The lowest BCUT2D eigenvalue weighted by Gasteiger charge is -2.35. The quantitative estimate of drug-likeness (QED) is 0.583. The van der Waals surface area contributed by atoms with Crippen LogP contribution >= 0.6 is 0 Å². The molecule has 0 aliphatic carbocycles. The Bertz CT molecular complexity index is 1210. The molecule has 9 nitrogen and oxygen atoms in total. The van der Waals surface area contributed by atoms with Gasteiger partial charge in [0.15, 0.2) is 0 Å². The van der Waals surface area contributed by atoms with Gasteiger partial charge in [-0.1, -0.05) is 12.1 Å². The van der Waals surface area contributed by atoms with Gasteiger partial charge in [-0.05, 0) is 37.4 Å². The largest absolute Gasteiger partial charge is 0.496 e. The van der Waals surface area contributed by atoms with Gasteiger partial charge < -0.3 is 19.9 Å². The highest BCUT2D eigenvalue weighted by Crippen LogP contribution is 2.32. The summed E-state index contributed by atoms with van der Waals surface area (Å²) < 4.78 is 30.1. The molecule has 0 atom stereocenters. The summed E-state index contributed by atoms with van der Waals surface area (Å²) in [5, 5.41) is 8.72. The first-order valence-electron chi connectivity index (χ1n) is 10.2. The lowest BCUT2D eigenvalue weighted by Crippen LogP contribution is -2.45. The Morgan fingerprint density at radius 3 is 2.50 bits per heavy atom. The van der Waals surface area contributed by atoms with Crippen LogP contribution in [0.3, 0.4) is 0 Å². The van der Waals surface area contributed by atoms with Crippen LogP contribution in [0.5, 0.6) is 5.75 Å². The third-order valence-corrected chi connectivity index (χ3v) is 6.37. The maximum atomic E-state index is 12.3. The Morgan fingerprint density at radius 1 is 1.03 bits per heavy atom. The fourth-order valence-electron chi connectivity index (χ4n) is 3.71. The van der Waals surface area contributed by atoms with Crippen LogP contribution in [-0.4, -0.2) is 63.6 Å². The highest BCUT2D eigenvalue weighted by Gasteiger charge is 2.22. The number of nitrogens with two attached hydrogens (primary N) is 1. The molecule has 3 N–H and O–H groups in total. The third kappa shape index (κ3) is 4.82. The van der Waals surface area contributed by atoms with Gasteiger partial charge in [-0.3, -0.25) is 0 Å². The summed E-state index contributed by atoms with van der Waals surface area (Å²) in [6, 6.07) is 14.5.